The van der Waals surface area contributed by atoms with Gasteiger partial charge in [-0.25, -0.2) is 23.2 Å². The number of carbonyl (C=O) groups excluding carboxylic acids is 1. The first-order valence-electron chi connectivity index (χ1n) is 14.2. The molecule has 240 valence electrons. The maximum atomic E-state index is 12.6. The minimum atomic E-state index is -4.89. The van der Waals surface area contributed by atoms with Crippen molar-refractivity contribution in [3.05, 3.63) is 36.0 Å². The fourth-order valence-electron chi connectivity index (χ4n) is 5.04. The zero-order valence-corrected chi connectivity index (χ0v) is 26.0. The molecule has 0 radical (unpaired) electrons. The number of nitrogens with zero attached hydrogens (tertiary/aromatic N) is 3. The Bertz CT molecular complexity index is 1600. The van der Waals surface area contributed by atoms with Crippen LogP contribution in [0.25, 0.3) is 22.0 Å². The molecule has 0 atom stereocenters. The van der Waals surface area contributed by atoms with Crippen LogP contribution >= 0.6 is 0 Å². The normalized spacial score (nSPS) is 17.6. The lowest BCUT2D eigenvalue weighted by Crippen LogP contribution is -2.42. The van der Waals surface area contributed by atoms with Gasteiger partial charge in [-0.2, -0.15) is 18.2 Å². The van der Waals surface area contributed by atoms with E-state index in [-0.39, 0.29) is 23.8 Å². The summed E-state index contributed by atoms with van der Waals surface area (Å²) in [6.45, 7) is 7.47. The lowest BCUT2D eigenvalue weighted by molar-refractivity contribution is -0.106. The minimum absolute atomic E-state index is 0.0366. The molecule has 1 amide bonds. The SMILES string of the molecule is CCc1cc(-c2ccc(NS(=O)(=O)CC(F)(F)F)nc2OC)cc2cnc(NC3CCC(NC(=O)OC(C)(C)C)CC3)nc12. The summed E-state index contributed by atoms with van der Waals surface area (Å²) in [5.74, 6) is -1.78. The molecule has 1 fully saturated rings. The second-order valence-electron chi connectivity index (χ2n) is 11.7. The average molecular weight is 639 g/mol. The van der Waals surface area contributed by atoms with Crippen LogP contribution in [0.2, 0.25) is 0 Å². The molecule has 0 saturated heterocycles. The molecule has 0 bridgehead atoms. The fourth-order valence-corrected chi connectivity index (χ4v) is 5.97. The van der Waals surface area contributed by atoms with Gasteiger partial charge in [-0.1, -0.05) is 6.92 Å². The van der Waals surface area contributed by atoms with Crippen LogP contribution in [0.5, 0.6) is 5.88 Å². The molecule has 2 heterocycles. The number of pyridine rings is 1. The molecular formula is C29H37F3N6O5S. The number of methoxy groups -OCH3 is 1. The first-order valence-corrected chi connectivity index (χ1v) is 15.9. The molecule has 44 heavy (non-hydrogen) atoms. The number of aromatic nitrogens is 3. The van der Waals surface area contributed by atoms with Gasteiger partial charge in [0.1, 0.15) is 11.4 Å². The molecular weight excluding hydrogens is 601 g/mol. The summed E-state index contributed by atoms with van der Waals surface area (Å²) in [7, 11) is -3.36. The Morgan fingerprint density at radius 2 is 1.73 bits per heavy atom. The third-order valence-corrected chi connectivity index (χ3v) is 8.13. The van der Waals surface area contributed by atoms with E-state index in [4.69, 9.17) is 14.5 Å². The number of benzene rings is 1. The van der Waals surface area contributed by atoms with Crippen molar-refractivity contribution < 1.29 is 35.9 Å². The smallest absolute Gasteiger partial charge is 0.407 e. The van der Waals surface area contributed by atoms with E-state index < -0.39 is 33.6 Å². The van der Waals surface area contributed by atoms with Crippen molar-refractivity contribution in [2.75, 3.05) is 22.9 Å². The number of hydrogen-bond acceptors (Lipinski definition) is 9. The third-order valence-electron chi connectivity index (χ3n) is 6.90. The number of sulfonamides is 1. The number of alkyl carbamates (subject to hydrolysis) is 1. The topological polar surface area (TPSA) is 144 Å². The summed E-state index contributed by atoms with van der Waals surface area (Å²) < 4.78 is 74.2. The predicted octanol–water partition coefficient (Wildman–Crippen LogP) is 5.81. The summed E-state index contributed by atoms with van der Waals surface area (Å²) in [6, 6.07) is 6.77. The average Bonchev–Trinajstić information content (AvgIpc) is 2.90. The van der Waals surface area contributed by atoms with E-state index in [0.717, 1.165) is 42.1 Å². The zero-order chi connectivity index (χ0) is 32.3. The maximum absolute atomic E-state index is 12.6. The highest BCUT2D eigenvalue weighted by Crippen LogP contribution is 2.34. The number of anilines is 2. The Kier molecular flexibility index (Phi) is 9.76. The number of aryl methyl sites for hydroxylation is 1. The summed E-state index contributed by atoms with van der Waals surface area (Å²) in [4.78, 5) is 25.5. The van der Waals surface area contributed by atoms with Crippen molar-refractivity contribution in [1.29, 1.82) is 0 Å². The Balaban J connectivity index is 1.48. The standard InChI is InChI=1S/C29H37F3N6O5S/c1-6-17-13-18(22-11-12-23(36-25(22)42-5)38-44(40,41)16-29(30,31)32)14-19-15-33-26(37-24(17)19)34-20-7-9-21(10-8-20)35-27(39)43-28(2,3)4/h11-15,20-21H,6-10,16H2,1-5H3,(H,35,39)(H,36,38)(H,33,34,37). The molecule has 11 nitrogen and oxygen atoms in total. The number of rotatable bonds is 9. The molecule has 0 unspecified atom stereocenters. The maximum Gasteiger partial charge on any atom is 0.407 e. The van der Waals surface area contributed by atoms with Gasteiger partial charge in [-0.15, -0.1) is 0 Å². The Morgan fingerprint density at radius 1 is 1.05 bits per heavy atom. The van der Waals surface area contributed by atoms with Crippen LogP contribution in [0.4, 0.5) is 29.7 Å². The fraction of sp³-hybridized carbons (Fsp3) is 0.517. The van der Waals surface area contributed by atoms with Crippen molar-refractivity contribution in [2.24, 2.45) is 0 Å². The van der Waals surface area contributed by atoms with Crippen LogP contribution in [0.3, 0.4) is 0 Å². The molecule has 4 rings (SSSR count). The molecule has 3 N–H and O–H groups in total. The van der Waals surface area contributed by atoms with Gasteiger partial charge in [0.2, 0.25) is 21.9 Å². The number of alkyl halides is 3. The third kappa shape index (κ3) is 9.07. The molecule has 3 aromatic rings. The van der Waals surface area contributed by atoms with E-state index in [1.165, 1.54) is 19.2 Å². The van der Waals surface area contributed by atoms with E-state index >= 15 is 0 Å². The zero-order valence-electron chi connectivity index (χ0n) is 25.2. The highest BCUT2D eigenvalue weighted by molar-refractivity contribution is 7.92. The van der Waals surface area contributed by atoms with Gasteiger partial charge in [0, 0.05) is 29.2 Å². The number of ether oxygens (including phenoxy) is 2. The first-order chi connectivity index (χ1) is 20.5. The molecule has 0 spiro atoms. The van der Waals surface area contributed by atoms with Gasteiger partial charge >= 0.3 is 12.3 Å². The second kappa shape index (κ2) is 13.0. The monoisotopic (exact) mass is 638 g/mol. The van der Waals surface area contributed by atoms with Gasteiger partial charge in [0.05, 0.1) is 12.6 Å². The van der Waals surface area contributed by atoms with Gasteiger partial charge < -0.3 is 20.1 Å². The molecule has 15 heteroatoms. The van der Waals surface area contributed by atoms with Crippen molar-refractivity contribution in [1.82, 2.24) is 20.3 Å². The van der Waals surface area contributed by atoms with Gasteiger partial charge in [-0.3, -0.25) is 4.72 Å². The van der Waals surface area contributed by atoms with E-state index in [1.807, 2.05) is 44.5 Å². The Labute approximate surface area is 254 Å². The van der Waals surface area contributed by atoms with Crippen molar-refractivity contribution in [2.45, 2.75) is 83.7 Å². The van der Waals surface area contributed by atoms with Crippen LogP contribution in [0.1, 0.15) is 58.9 Å². The van der Waals surface area contributed by atoms with Crippen molar-refractivity contribution in [3.8, 4) is 17.0 Å². The summed E-state index contributed by atoms with van der Waals surface area (Å²) in [5, 5.41) is 7.12. The van der Waals surface area contributed by atoms with E-state index in [0.29, 0.717) is 23.5 Å². The lowest BCUT2D eigenvalue weighted by atomic mass is 9.91. The van der Waals surface area contributed by atoms with E-state index in [1.54, 1.807) is 6.20 Å². The number of halogens is 3. The number of amides is 1. The summed E-state index contributed by atoms with van der Waals surface area (Å²) >= 11 is 0. The Morgan fingerprint density at radius 3 is 2.34 bits per heavy atom. The molecule has 1 aliphatic rings. The lowest BCUT2D eigenvalue weighted by Gasteiger charge is -2.30. The summed E-state index contributed by atoms with van der Waals surface area (Å²) in [5.41, 5.74) is 2.35. The van der Waals surface area contributed by atoms with Crippen molar-refractivity contribution >= 4 is 38.8 Å². The van der Waals surface area contributed by atoms with Crippen LogP contribution in [-0.4, -0.2) is 66.2 Å². The molecule has 1 aromatic carbocycles. The van der Waals surface area contributed by atoms with Crippen LogP contribution < -0.4 is 20.1 Å². The van der Waals surface area contributed by atoms with Gasteiger partial charge in [-0.05, 0) is 88.3 Å². The largest absolute Gasteiger partial charge is 0.480 e. The first kappa shape index (κ1) is 33.0. The summed E-state index contributed by atoms with van der Waals surface area (Å²) in [6.07, 6.45) is 0.310. The number of fused-ring (bicyclic) bond motifs is 1. The second-order valence-corrected chi connectivity index (χ2v) is 13.4. The number of nitrogens with one attached hydrogen (secondary N) is 3. The number of hydrogen-bond donors (Lipinski definition) is 3. The molecule has 1 saturated carbocycles. The predicted molar refractivity (Wildman–Crippen MR) is 161 cm³/mol. The van der Waals surface area contributed by atoms with Crippen LogP contribution in [-0.2, 0) is 21.2 Å². The van der Waals surface area contributed by atoms with Gasteiger partial charge in [0.25, 0.3) is 0 Å². The molecule has 1 aliphatic carbocycles. The highest BCUT2D eigenvalue weighted by Gasteiger charge is 2.35. The quantitative estimate of drug-likeness (QED) is 0.264. The highest BCUT2D eigenvalue weighted by atomic mass is 32.2. The van der Waals surface area contributed by atoms with Gasteiger partial charge in [0.15, 0.2) is 5.75 Å². The Hall–Kier alpha value is -3.88. The molecule has 2 aromatic heterocycles. The van der Waals surface area contributed by atoms with E-state index in [9.17, 15) is 26.4 Å². The molecule has 0 aliphatic heterocycles. The number of carbonyl (C=O) groups is 1. The minimum Gasteiger partial charge on any atom is -0.480 e. The van der Waals surface area contributed by atoms with Crippen molar-refractivity contribution in [3.63, 3.8) is 0 Å². The van der Waals surface area contributed by atoms with E-state index in [2.05, 4.69) is 20.6 Å². The van der Waals surface area contributed by atoms with Crippen LogP contribution in [0.15, 0.2) is 30.5 Å². The van der Waals surface area contributed by atoms with Crippen LogP contribution in [0, 0.1) is 0 Å².